The second-order valence-corrected chi connectivity index (χ2v) is 12.9. The van der Waals surface area contributed by atoms with E-state index in [0.29, 0.717) is 42.2 Å². The van der Waals surface area contributed by atoms with Gasteiger partial charge in [0, 0.05) is 42.9 Å². The predicted molar refractivity (Wildman–Crippen MR) is 180 cm³/mol. The summed E-state index contributed by atoms with van der Waals surface area (Å²) in [6.07, 6.45) is 2.42. The summed E-state index contributed by atoms with van der Waals surface area (Å²) in [6.45, 7) is 7.36. The molecule has 0 spiro atoms. The number of amides is 4. The van der Waals surface area contributed by atoms with Crippen molar-refractivity contribution in [2.75, 3.05) is 43.1 Å². The Bertz CT molecular complexity index is 1740. The topological polar surface area (TPSA) is 137 Å². The third-order valence-corrected chi connectivity index (χ3v) is 8.35. The minimum atomic E-state index is -0.573. The highest BCUT2D eigenvalue weighted by atomic mass is 35.5. The molecule has 46 heavy (non-hydrogen) atoms. The number of pyridine rings is 1. The van der Waals surface area contributed by atoms with Gasteiger partial charge in [-0.3, -0.25) is 10.6 Å². The molecule has 4 aromatic rings. The first-order valence-corrected chi connectivity index (χ1v) is 15.4. The van der Waals surface area contributed by atoms with Crippen molar-refractivity contribution in [1.29, 1.82) is 0 Å². The van der Waals surface area contributed by atoms with Gasteiger partial charge in [-0.1, -0.05) is 44.0 Å². The summed E-state index contributed by atoms with van der Waals surface area (Å²) in [6, 6.07) is 14.1. The van der Waals surface area contributed by atoms with Gasteiger partial charge in [0.15, 0.2) is 0 Å². The van der Waals surface area contributed by atoms with Gasteiger partial charge in [-0.05, 0) is 63.0 Å². The van der Waals surface area contributed by atoms with Crippen LogP contribution in [0.2, 0.25) is 10.0 Å². The average Bonchev–Trinajstić information content (AvgIpc) is 3.66. The van der Waals surface area contributed by atoms with E-state index < -0.39 is 6.03 Å². The van der Waals surface area contributed by atoms with Gasteiger partial charge < -0.3 is 25.0 Å². The summed E-state index contributed by atoms with van der Waals surface area (Å²) in [5.74, 6) is 1.48. The molecule has 4 amide bonds. The fraction of sp³-hybridized carbons (Fsp3) is 0.312. The number of hydrogen-bond donors (Lipinski definition) is 4. The molecule has 4 N–H and O–H groups in total. The summed E-state index contributed by atoms with van der Waals surface area (Å²) in [5.41, 5.74) is 1.38. The van der Waals surface area contributed by atoms with Gasteiger partial charge in [0.05, 0.1) is 22.1 Å². The molecule has 12 nitrogen and oxygen atoms in total. The molecule has 0 bridgehead atoms. The Hall–Kier alpha value is -4.52. The molecule has 1 fully saturated rings. The molecule has 2 aromatic carbocycles. The van der Waals surface area contributed by atoms with Crippen LogP contribution in [0.1, 0.15) is 32.9 Å². The van der Waals surface area contributed by atoms with Gasteiger partial charge >= 0.3 is 12.1 Å². The zero-order valence-corrected chi connectivity index (χ0v) is 27.6. The molecule has 1 atom stereocenters. The van der Waals surface area contributed by atoms with Gasteiger partial charge in [-0.15, -0.1) is 0 Å². The van der Waals surface area contributed by atoms with Crippen LogP contribution in [0.25, 0.3) is 5.69 Å². The van der Waals surface area contributed by atoms with Crippen molar-refractivity contribution in [2.45, 2.75) is 38.6 Å². The van der Waals surface area contributed by atoms with E-state index in [0.717, 1.165) is 12.1 Å². The smallest absolute Gasteiger partial charge is 0.324 e. The number of likely N-dealkylation sites (tertiary alicyclic amines) is 1. The number of anilines is 3. The van der Waals surface area contributed by atoms with Crippen LogP contribution in [0.15, 0.2) is 60.8 Å². The standard InChI is InChI=1S/C32H36Cl2N8O4/c1-32(2,3)25-17-27(42(39-25)19-6-8-21(43)9-7-19)38-30(44)36-23-10-11-24(29(34)28(23)33)46-22-12-14-35-26(16-22)37-31(45)41-15-13-20(18-41)40(4)5/h6-12,14,16-17,20,43H,13,15,18H2,1-5H3,(H,35,37,45)(H2,36,38,44)/t20-/m1/s1. The maximum absolute atomic E-state index is 13.1. The van der Waals surface area contributed by atoms with Gasteiger partial charge in [-0.25, -0.2) is 19.3 Å². The molecule has 1 aliphatic rings. The lowest BCUT2D eigenvalue weighted by molar-refractivity contribution is 0.216. The largest absolute Gasteiger partial charge is 0.508 e. The van der Waals surface area contributed by atoms with Gasteiger partial charge in [0.25, 0.3) is 0 Å². The van der Waals surface area contributed by atoms with E-state index in [-0.39, 0.29) is 38.7 Å². The van der Waals surface area contributed by atoms with E-state index in [1.165, 1.54) is 6.20 Å². The Balaban J connectivity index is 1.26. The summed E-state index contributed by atoms with van der Waals surface area (Å²) < 4.78 is 7.55. The van der Waals surface area contributed by atoms with Gasteiger partial charge in [0.2, 0.25) is 0 Å². The number of rotatable bonds is 7. The Morgan fingerprint density at radius 2 is 1.74 bits per heavy atom. The summed E-state index contributed by atoms with van der Waals surface area (Å²) in [5, 5.41) is 22.9. The van der Waals surface area contributed by atoms with Crippen LogP contribution in [0, 0.1) is 0 Å². The van der Waals surface area contributed by atoms with Gasteiger partial charge in [-0.2, -0.15) is 5.10 Å². The lowest BCUT2D eigenvalue weighted by atomic mass is 9.92. The van der Waals surface area contributed by atoms with Crippen molar-refractivity contribution in [3.63, 3.8) is 0 Å². The molecule has 3 heterocycles. The van der Waals surface area contributed by atoms with E-state index in [9.17, 15) is 14.7 Å². The normalized spacial score (nSPS) is 14.8. The number of carbonyl (C=O) groups is 2. The number of ether oxygens (including phenoxy) is 1. The number of phenols is 1. The second-order valence-electron chi connectivity index (χ2n) is 12.2. The molecule has 0 unspecified atom stereocenters. The number of aromatic nitrogens is 3. The van der Waals surface area contributed by atoms with E-state index in [2.05, 4.69) is 30.9 Å². The van der Waals surface area contributed by atoms with Crippen LogP contribution in [0.5, 0.6) is 17.2 Å². The highest BCUT2D eigenvalue weighted by Crippen LogP contribution is 2.40. The fourth-order valence-electron chi connectivity index (χ4n) is 4.81. The Morgan fingerprint density at radius 3 is 2.41 bits per heavy atom. The number of benzene rings is 2. The van der Waals surface area contributed by atoms with Crippen LogP contribution in [-0.2, 0) is 5.41 Å². The van der Waals surface area contributed by atoms with Crippen LogP contribution >= 0.6 is 23.2 Å². The van der Waals surface area contributed by atoms with Crippen LogP contribution in [0.4, 0.5) is 26.9 Å². The first kappa shape index (κ1) is 32.9. The quantitative estimate of drug-likeness (QED) is 0.164. The average molecular weight is 668 g/mol. The summed E-state index contributed by atoms with van der Waals surface area (Å²) in [7, 11) is 4.01. The van der Waals surface area contributed by atoms with Crippen molar-refractivity contribution in [1.82, 2.24) is 24.6 Å². The van der Waals surface area contributed by atoms with Crippen LogP contribution in [-0.4, -0.2) is 75.0 Å². The molecule has 0 saturated carbocycles. The third kappa shape index (κ3) is 7.64. The molecule has 5 rings (SSSR count). The summed E-state index contributed by atoms with van der Waals surface area (Å²) in [4.78, 5) is 34.0. The number of nitrogens with one attached hydrogen (secondary N) is 3. The Kier molecular flexibility index (Phi) is 9.61. The van der Waals surface area contributed by atoms with Crippen molar-refractivity contribution >= 4 is 52.6 Å². The molecular weight excluding hydrogens is 631 g/mol. The number of halogens is 2. The van der Waals surface area contributed by atoms with Crippen molar-refractivity contribution in [3.8, 4) is 22.9 Å². The lowest BCUT2D eigenvalue weighted by Crippen LogP contribution is -2.36. The molecule has 2 aromatic heterocycles. The Morgan fingerprint density at radius 1 is 1.00 bits per heavy atom. The molecule has 1 saturated heterocycles. The predicted octanol–water partition coefficient (Wildman–Crippen LogP) is 7.18. The Labute approximate surface area is 277 Å². The number of aromatic hydroxyl groups is 1. The number of carbonyl (C=O) groups excluding carboxylic acids is 2. The zero-order chi connectivity index (χ0) is 33.2. The third-order valence-electron chi connectivity index (χ3n) is 7.48. The SMILES string of the molecule is CN(C)[C@@H]1CCN(C(=O)Nc2cc(Oc3ccc(NC(=O)Nc4cc(C(C)(C)C)nn4-c4ccc(O)cc4)c(Cl)c3Cl)ccn2)C1. The highest BCUT2D eigenvalue weighted by Gasteiger charge is 2.28. The minimum absolute atomic E-state index is 0.0730. The second kappa shape index (κ2) is 13.5. The molecule has 1 aliphatic heterocycles. The van der Waals surface area contributed by atoms with Crippen molar-refractivity contribution < 1.29 is 19.4 Å². The summed E-state index contributed by atoms with van der Waals surface area (Å²) >= 11 is 13.1. The first-order valence-electron chi connectivity index (χ1n) is 14.6. The van der Waals surface area contributed by atoms with Gasteiger partial charge in [0.1, 0.15) is 33.9 Å². The highest BCUT2D eigenvalue weighted by molar-refractivity contribution is 6.45. The number of phenolic OH excluding ortho intramolecular Hbond substituents is 1. The van der Waals surface area contributed by atoms with Crippen LogP contribution < -0.4 is 20.7 Å². The number of likely N-dealkylation sites (N-methyl/N-ethyl adjacent to an activating group) is 1. The molecule has 0 aliphatic carbocycles. The van der Waals surface area contributed by atoms with Crippen molar-refractivity contribution in [2.24, 2.45) is 0 Å². The molecule has 242 valence electrons. The number of urea groups is 2. The maximum Gasteiger partial charge on any atom is 0.324 e. The van der Waals surface area contributed by atoms with Crippen molar-refractivity contribution in [3.05, 3.63) is 76.5 Å². The maximum atomic E-state index is 13.1. The van der Waals surface area contributed by atoms with E-state index >= 15 is 0 Å². The van der Waals surface area contributed by atoms with E-state index in [1.54, 1.807) is 64.2 Å². The molecule has 0 radical (unpaired) electrons. The monoisotopic (exact) mass is 666 g/mol. The first-order chi connectivity index (χ1) is 21.8. The lowest BCUT2D eigenvalue weighted by Gasteiger charge is -2.20. The van der Waals surface area contributed by atoms with E-state index in [4.69, 9.17) is 27.9 Å². The van der Waals surface area contributed by atoms with E-state index in [1.807, 2.05) is 34.9 Å². The number of hydrogen-bond acceptors (Lipinski definition) is 7. The molecule has 14 heteroatoms. The number of nitrogens with zero attached hydrogens (tertiary/aromatic N) is 5. The zero-order valence-electron chi connectivity index (χ0n) is 26.1. The van der Waals surface area contributed by atoms with Crippen LogP contribution in [0.3, 0.4) is 0 Å². The fourth-order valence-corrected chi connectivity index (χ4v) is 5.22. The molecular formula is C32H36Cl2N8O4. The minimum Gasteiger partial charge on any atom is -0.508 e.